The summed E-state index contributed by atoms with van der Waals surface area (Å²) in [7, 11) is 0. The van der Waals surface area contributed by atoms with E-state index in [1.54, 1.807) is 11.3 Å². The molecule has 0 bridgehead atoms. The monoisotopic (exact) mass is 576 g/mol. The second-order valence-electron chi connectivity index (χ2n) is 12.6. The number of benzene rings is 1. The van der Waals surface area contributed by atoms with Gasteiger partial charge < -0.3 is 9.47 Å². The van der Waals surface area contributed by atoms with E-state index in [1.165, 1.54) is 30.6 Å². The van der Waals surface area contributed by atoms with Crippen molar-refractivity contribution in [3.05, 3.63) is 52.0 Å². The molecule has 0 unspecified atom stereocenters. The summed E-state index contributed by atoms with van der Waals surface area (Å²) in [5, 5.41) is 2.11. The Morgan fingerprint density at radius 3 is 2.39 bits per heavy atom. The largest absolute Gasteiger partial charge is 0.340 e. The minimum absolute atomic E-state index is 0.0485. The molecule has 2 aromatic heterocycles. The van der Waals surface area contributed by atoms with Gasteiger partial charge in [0.05, 0.1) is 11.0 Å². The maximum Gasteiger partial charge on any atom is 0.226 e. The molecule has 3 heterocycles. The molecule has 1 aliphatic carbocycles. The fraction of sp³-hybridized carbons (Fsp3) is 0.618. The summed E-state index contributed by atoms with van der Waals surface area (Å²) in [6.07, 6.45) is 9.14. The van der Waals surface area contributed by atoms with Gasteiger partial charge in [-0.2, -0.15) is 0 Å². The number of carbonyl (C=O) groups is 2. The Morgan fingerprint density at radius 2 is 1.76 bits per heavy atom. The van der Waals surface area contributed by atoms with Crippen molar-refractivity contribution >= 4 is 34.1 Å². The number of hydrogen-bond acceptors (Lipinski definition) is 5. The number of ketones is 1. The van der Waals surface area contributed by atoms with E-state index in [-0.39, 0.29) is 24.0 Å². The van der Waals surface area contributed by atoms with E-state index in [4.69, 9.17) is 4.98 Å². The summed E-state index contributed by atoms with van der Waals surface area (Å²) in [6.45, 7) is 12.2. The zero-order chi connectivity index (χ0) is 28.9. The van der Waals surface area contributed by atoms with E-state index >= 15 is 0 Å². The number of amides is 1. The van der Waals surface area contributed by atoms with Crippen LogP contribution in [0.1, 0.15) is 106 Å². The lowest BCUT2D eigenvalue weighted by Crippen LogP contribution is -2.52. The highest BCUT2D eigenvalue weighted by Gasteiger charge is 2.32. The summed E-state index contributed by atoms with van der Waals surface area (Å²) in [5.41, 5.74) is 2.64. The van der Waals surface area contributed by atoms with Crippen molar-refractivity contribution in [2.24, 2.45) is 11.8 Å². The third-order valence-corrected chi connectivity index (χ3v) is 10.2. The van der Waals surface area contributed by atoms with Crippen molar-refractivity contribution in [1.82, 2.24) is 19.4 Å². The van der Waals surface area contributed by atoms with Gasteiger partial charge in [0.15, 0.2) is 5.78 Å². The van der Waals surface area contributed by atoms with Crippen molar-refractivity contribution in [2.45, 2.75) is 97.6 Å². The Balaban J connectivity index is 1.32. The molecule has 1 atom stereocenters. The molecular weight excluding hydrogens is 528 g/mol. The number of thiophene rings is 1. The highest BCUT2D eigenvalue weighted by molar-refractivity contribution is 7.09. The zero-order valence-electron chi connectivity index (χ0n) is 25.5. The van der Waals surface area contributed by atoms with Crippen LogP contribution >= 0.6 is 11.3 Å². The van der Waals surface area contributed by atoms with Crippen LogP contribution in [0.5, 0.6) is 0 Å². The standard InChI is InChI=1S/C34H48N4O2S/c1-5-27(6-2)38-31-14-13-25(21-30(31)35-33(38)23-29-12-9-19-41-29)32(39)22-26(20-24(3)4)34(40)37-17-15-36(16-18-37)28-10-7-8-11-28/h9,12-14,19,21,24,26-28H,5-8,10-11,15-18,20,22-23H2,1-4H3/t26-/m1/s1. The van der Waals surface area contributed by atoms with Crippen LogP contribution in [-0.2, 0) is 11.2 Å². The fourth-order valence-electron chi connectivity index (χ4n) is 7.09. The minimum atomic E-state index is -0.271. The number of imidazole rings is 1. The van der Waals surface area contributed by atoms with E-state index in [0.29, 0.717) is 23.6 Å². The van der Waals surface area contributed by atoms with Crippen LogP contribution in [0.3, 0.4) is 0 Å². The Labute approximate surface area is 250 Å². The number of aromatic nitrogens is 2. The van der Waals surface area contributed by atoms with Crippen LogP contribution in [0.4, 0.5) is 0 Å². The molecule has 1 saturated heterocycles. The van der Waals surface area contributed by atoms with Gasteiger partial charge in [0.25, 0.3) is 0 Å². The number of hydrogen-bond donors (Lipinski definition) is 0. The van der Waals surface area contributed by atoms with Crippen molar-refractivity contribution in [1.29, 1.82) is 0 Å². The molecule has 7 heteroatoms. The molecule has 1 aromatic carbocycles. The van der Waals surface area contributed by atoms with Crippen molar-refractivity contribution in [3.8, 4) is 0 Å². The predicted octanol–water partition coefficient (Wildman–Crippen LogP) is 7.37. The maximum absolute atomic E-state index is 13.7. The van der Waals surface area contributed by atoms with Gasteiger partial charge in [-0.15, -0.1) is 11.3 Å². The summed E-state index contributed by atoms with van der Waals surface area (Å²) in [5.74, 6) is 1.36. The fourth-order valence-corrected chi connectivity index (χ4v) is 7.80. The number of rotatable bonds is 12. The second-order valence-corrected chi connectivity index (χ2v) is 13.6. The predicted molar refractivity (Wildman–Crippen MR) is 169 cm³/mol. The highest BCUT2D eigenvalue weighted by Crippen LogP contribution is 2.30. The highest BCUT2D eigenvalue weighted by atomic mass is 32.1. The van der Waals surface area contributed by atoms with Crippen molar-refractivity contribution < 1.29 is 9.59 Å². The van der Waals surface area contributed by atoms with Crippen LogP contribution in [0, 0.1) is 11.8 Å². The van der Waals surface area contributed by atoms with E-state index in [1.807, 2.05) is 17.0 Å². The van der Waals surface area contributed by atoms with Crippen LogP contribution in [0.25, 0.3) is 11.0 Å². The number of piperazine rings is 1. The number of nitrogens with zero attached hydrogens (tertiary/aromatic N) is 4. The molecule has 1 amide bonds. The summed E-state index contributed by atoms with van der Waals surface area (Å²) >= 11 is 1.76. The molecular formula is C34H48N4O2S. The minimum Gasteiger partial charge on any atom is -0.340 e. The maximum atomic E-state index is 13.7. The molecule has 1 aliphatic heterocycles. The molecule has 2 aliphatic rings. The third-order valence-electron chi connectivity index (χ3n) is 9.31. The van der Waals surface area contributed by atoms with Gasteiger partial charge in [-0.3, -0.25) is 14.5 Å². The van der Waals surface area contributed by atoms with E-state index in [0.717, 1.165) is 68.7 Å². The second kappa shape index (κ2) is 13.6. The molecule has 0 radical (unpaired) electrons. The lowest BCUT2D eigenvalue weighted by molar-refractivity contribution is -0.138. The van der Waals surface area contributed by atoms with E-state index in [9.17, 15) is 9.59 Å². The molecule has 5 rings (SSSR count). The van der Waals surface area contributed by atoms with Crippen molar-refractivity contribution in [3.63, 3.8) is 0 Å². The summed E-state index contributed by atoms with van der Waals surface area (Å²) in [6, 6.07) is 11.3. The zero-order valence-corrected chi connectivity index (χ0v) is 26.3. The molecule has 2 fully saturated rings. The smallest absolute Gasteiger partial charge is 0.226 e. The van der Waals surface area contributed by atoms with Crippen LogP contribution in [0.2, 0.25) is 0 Å². The van der Waals surface area contributed by atoms with Gasteiger partial charge in [0, 0.05) is 67.5 Å². The Kier molecular flexibility index (Phi) is 9.97. The first kappa shape index (κ1) is 30.0. The molecule has 0 N–H and O–H groups in total. The normalized spacial score (nSPS) is 17.8. The molecule has 3 aromatic rings. The molecule has 1 saturated carbocycles. The Hall–Kier alpha value is -2.51. The van der Waals surface area contributed by atoms with Gasteiger partial charge in [0.1, 0.15) is 5.82 Å². The van der Waals surface area contributed by atoms with E-state index in [2.05, 4.69) is 60.7 Å². The number of carbonyl (C=O) groups excluding carboxylic acids is 2. The lowest BCUT2D eigenvalue weighted by atomic mass is 9.89. The summed E-state index contributed by atoms with van der Waals surface area (Å²) < 4.78 is 2.39. The molecule has 222 valence electrons. The first-order chi connectivity index (χ1) is 19.9. The SMILES string of the molecule is CCC(CC)n1c(Cc2cccs2)nc2cc(C(=O)C[C@@H](CC(C)C)C(=O)N3CCN(C4CCCC4)CC3)ccc21. The number of fused-ring (bicyclic) bond motifs is 1. The molecule has 6 nitrogen and oxygen atoms in total. The van der Waals surface area contributed by atoms with Gasteiger partial charge in [-0.05, 0) is 67.7 Å². The van der Waals surface area contributed by atoms with Gasteiger partial charge in [0.2, 0.25) is 5.91 Å². The van der Waals surface area contributed by atoms with Gasteiger partial charge in [-0.1, -0.05) is 46.6 Å². The molecule has 0 spiro atoms. The average molecular weight is 577 g/mol. The van der Waals surface area contributed by atoms with Crippen LogP contribution in [0.15, 0.2) is 35.7 Å². The average Bonchev–Trinajstić information content (AvgIpc) is 3.75. The van der Waals surface area contributed by atoms with Crippen LogP contribution in [-0.4, -0.2) is 63.3 Å². The quantitative estimate of drug-likeness (QED) is 0.211. The van der Waals surface area contributed by atoms with Gasteiger partial charge in [-0.25, -0.2) is 4.98 Å². The Morgan fingerprint density at radius 1 is 1.02 bits per heavy atom. The number of Topliss-reactive ketones (excluding diaryl/α,β-unsaturated/α-hetero) is 1. The van der Waals surface area contributed by atoms with Crippen molar-refractivity contribution in [2.75, 3.05) is 26.2 Å². The van der Waals surface area contributed by atoms with E-state index < -0.39 is 0 Å². The Bertz CT molecular complexity index is 1300. The third kappa shape index (κ3) is 6.94. The molecule has 41 heavy (non-hydrogen) atoms. The first-order valence-electron chi connectivity index (χ1n) is 16.0. The van der Waals surface area contributed by atoms with Gasteiger partial charge >= 0.3 is 0 Å². The first-order valence-corrected chi connectivity index (χ1v) is 16.8. The summed E-state index contributed by atoms with van der Waals surface area (Å²) in [4.78, 5) is 38.4. The lowest BCUT2D eigenvalue weighted by Gasteiger charge is -2.39. The topological polar surface area (TPSA) is 58.4 Å². The van der Waals surface area contributed by atoms with Crippen LogP contribution < -0.4 is 0 Å².